The van der Waals surface area contributed by atoms with Gasteiger partial charge < -0.3 is 0 Å². The lowest BCUT2D eigenvalue weighted by Crippen LogP contribution is -2.17. The van der Waals surface area contributed by atoms with Gasteiger partial charge in [-0.25, -0.2) is 5.43 Å². The zero-order chi connectivity index (χ0) is 18.8. The molecule has 0 saturated carbocycles. The molecule has 4 aromatic carbocycles. The fraction of sp³-hybridized carbons (Fsp3) is 0. The molecule has 0 atom stereocenters. The van der Waals surface area contributed by atoms with Gasteiger partial charge in [0.15, 0.2) is 0 Å². The van der Waals surface area contributed by atoms with E-state index >= 15 is 0 Å². The average Bonchev–Trinajstić information content (AvgIpc) is 2.69. The van der Waals surface area contributed by atoms with E-state index in [2.05, 4.69) is 28.7 Å². The van der Waals surface area contributed by atoms with Gasteiger partial charge in [-0.2, -0.15) is 5.10 Å². The van der Waals surface area contributed by atoms with E-state index in [-0.39, 0.29) is 5.91 Å². The van der Waals surface area contributed by atoms with Crippen LogP contribution in [0.2, 0.25) is 10.0 Å². The van der Waals surface area contributed by atoms with Gasteiger partial charge in [-0.1, -0.05) is 71.7 Å². The molecule has 1 amide bonds. The Morgan fingerprint density at radius 1 is 0.815 bits per heavy atom. The van der Waals surface area contributed by atoms with Crippen molar-refractivity contribution in [1.82, 2.24) is 5.43 Å². The molecule has 0 spiro atoms. The number of amides is 1. The number of nitrogens with zero attached hydrogens (tertiary/aromatic N) is 1. The molecule has 0 unspecified atom stereocenters. The Hall–Kier alpha value is -2.88. The molecular weight excluding hydrogens is 379 g/mol. The third kappa shape index (κ3) is 3.52. The maximum atomic E-state index is 12.3. The fourth-order valence-corrected chi connectivity index (χ4v) is 3.34. The van der Waals surface area contributed by atoms with E-state index < -0.39 is 0 Å². The molecule has 132 valence electrons. The summed E-state index contributed by atoms with van der Waals surface area (Å²) in [6.45, 7) is 0. The number of nitrogens with one attached hydrogen (secondary N) is 1. The molecule has 4 rings (SSSR count). The van der Waals surface area contributed by atoms with Crippen LogP contribution in [0.25, 0.3) is 21.5 Å². The number of benzene rings is 4. The third-order valence-corrected chi connectivity index (χ3v) is 5.09. The van der Waals surface area contributed by atoms with Crippen molar-refractivity contribution in [1.29, 1.82) is 0 Å². The number of hydrazone groups is 1. The molecule has 5 heteroatoms. The third-order valence-electron chi connectivity index (χ3n) is 4.35. The summed E-state index contributed by atoms with van der Waals surface area (Å²) in [5, 5.41) is 9.28. The SMILES string of the molecule is O=C(NN=Cc1c2ccccc2cc2ccccc12)c1ccc(Cl)c(Cl)c1. The molecular formula is C22H14Cl2N2O. The number of carbonyl (C=O) groups excluding carboxylic acids is 1. The predicted molar refractivity (Wildman–Crippen MR) is 113 cm³/mol. The number of hydrogen-bond donors (Lipinski definition) is 1. The zero-order valence-corrected chi connectivity index (χ0v) is 15.6. The number of halogens is 2. The maximum Gasteiger partial charge on any atom is 0.271 e. The molecule has 0 bridgehead atoms. The van der Waals surface area contributed by atoms with Gasteiger partial charge in [0, 0.05) is 11.1 Å². The first-order valence-electron chi connectivity index (χ1n) is 8.32. The summed E-state index contributed by atoms with van der Waals surface area (Å²) in [5.41, 5.74) is 3.90. The maximum absolute atomic E-state index is 12.3. The van der Waals surface area contributed by atoms with Crippen molar-refractivity contribution >= 4 is 56.9 Å². The second-order valence-corrected chi connectivity index (χ2v) is 6.87. The number of hydrogen-bond acceptors (Lipinski definition) is 2. The van der Waals surface area contributed by atoms with Crippen molar-refractivity contribution in [2.45, 2.75) is 0 Å². The van der Waals surface area contributed by atoms with Crippen LogP contribution >= 0.6 is 23.2 Å². The molecule has 0 aromatic heterocycles. The summed E-state index contributed by atoms with van der Waals surface area (Å²) in [4.78, 5) is 12.3. The highest BCUT2D eigenvalue weighted by Gasteiger charge is 2.08. The summed E-state index contributed by atoms with van der Waals surface area (Å²) in [6.07, 6.45) is 1.68. The van der Waals surface area contributed by atoms with Crippen molar-refractivity contribution in [3.05, 3.63) is 94.0 Å². The second kappa shape index (κ2) is 7.39. The molecule has 0 aliphatic carbocycles. The minimum absolute atomic E-state index is 0.327. The first-order chi connectivity index (χ1) is 13.1. The summed E-state index contributed by atoms with van der Waals surface area (Å²) >= 11 is 11.9. The van der Waals surface area contributed by atoms with Gasteiger partial charge >= 0.3 is 0 Å². The van der Waals surface area contributed by atoms with Crippen LogP contribution in [0.1, 0.15) is 15.9 Å². The van der Waals surface area contributed by atoms with Gasteiger partial charge in [0.2, 0.25) is 0 Å². The number of fused-ring (bicyclic) bond motifs is 2. The van der Waals surface area contributed by atoms with Crippen LogP contribution in [-0.2, 0) is 0 Å². The highest BCUT2D eigenvalue weighted by atomic mass is 35.5. The molecule has 0 fully saturated rings. The number of carbonyl (C=O) groups is 1. The Balaban J connectivity index is 1.69. The van der Waals surface area contributed by atoms with Crippen molar-refractivity contribution in [3.63, 3.8) is 0 Å². The first-order valence-corrected chi connectivity index (χ1v) is 9.08. The van der Waals surface area contributed by atoms with E-state index in [0.29, 0.717) is 15.6 Å². The monoisotopic (exact) mass is 392 g/mol. The summed E-state index contributed by atoms with van der Waals surface area (Å²) in [5.74, 6) is -0.352. The van der Waals surface area contributed by atoms with Gasteiger partial charge in [0.05, 0.1) is 16.3 Å². The van der Waals surface area contributed by atoms with Gasteiger partial charge in [0.1, 0.15) is 0 Å². The van der Waals surface area contributed by atoms with Crippen molar-refractivity contribution in [3.8, 4) is 0 Å². The minimum atomic E-state index is -0.352. The van der Waals surface area contributed by atoms with Crippen molar-refractivity contribution < 1.29 is 4.79 Å². The lowest BCUT2D eigenvalue weighted by Gasteiger charge is -2.08. The molecule has 4 aromatic rings. The van der Waals surface area contributed by atoms with E-state index in [0.717, 1.165) is 27.1 Å². The molecule has 0 saturated heterocycles. The Morgan fingerprint density at radius 3 is 2.07 bits per heavy atom. The van der Waals surface area contributed by atoms with Crippen LogP contribution in [0.3, 0.4) is 0 Å². The summed E-state index contributed by atoms with van der Waals surface area (Å²) in [7, 11) is 0. The molecule has 3 nitrogen and oxygen atoms in total. The van der Waals surface area contributed by atoms with Gasteiger partial charge in [-0.05, 0) is 45.8 Å². The standard InChI is InChI=1S/C22H14Cl2N2O/c23-20-10-9-16(12-21(20)24)22(27)26-25-13-19-17-7-3-1-5-14(17)11-15-6-2-4-8-18(15)19/h1-13H,(H,26,27). The normalized spacial score (nSPS) is 11.3. The highest BCUT2D eigenvalue weighted by Crippen LogP contribution is 2.27. The van der Waals surface area contributed by atoms with Crippen molar-refractivity contribution in [2.24, 2.45) is 5.10 Å². The predicted octanol–water partition coefficient (Wildman–Crippen LogP) is 6.06. The first kappa shape index (κ1) is 17.5. The average molecular weight is 393 g/mol. The Morgan fingerprint density at radius 2 is 1.44 bits per heavy atom. The zero-order valence-electron chi connectivity index (χ0n) is 14.1. The molecule has 0 heterocycles. The minimum Gasteiger partial charge on any atom is -0.267 e. The quantitative estimate of drug-likeness (QED) is 0.256. The molecule has 0 radical (unpaired) electrons. The van der Waals surface area contributed by atoms with Crippen molar-refractivity contribution in [2.75, 3.05) is 0 Å². The highest BCUT2D eigenvalue weighted by molar-refractivity contribution is 6.42. The topological polar surface area (TPSA) is 41.5 Å². The van der Waals surface area contributed by atoms with Crippen LogP contribution in [0, 0.1) is 0 Å². The smallest absolute Gasteiger partial charge is 0.267 e. The molecule has 0 aliphatic heterocycles. The Kier molecular flexibility index (Phi) is 4.80. The summed E-state index contributed by atoms with van der Waals surface area (Å²) in [6, 6.07) is 23.1. The van der Waals surface area contributed by atoms with Gasteiger partial charge in [-0.15, -0.1) is 0 Å². The van der Waals surface area contributed by atoms with Crippen LogP contribution in [0.5, 0.6) is 0 Å². The van der Waals surface area contributed by atoms with E-state index in [4.69, 9.17) is 23.2 Å². The molecule has 27 heavy (non-hydrogen) atoms. The fourth-order valence-electron chi connectivity index (χ4n) is 3.05. The van der Waals surface area contributed by atoms with Crippen LogP contribution in [-0.4, -0.2) is 12.1 Å². The second-order valence-electron chi connectivity index (χ2n) is 6.06. The van der Waals surface area contributed by atoms with Crippen LogP contribution in [0.4, 0.5) is 0 Å². The Bertz CT molecular complexity index is 1150. The van der Waals surface area contributed by atoms with Crippen LogP contribution < -0.4 is 5.43 Å². The lowest BCUT2D eigenvalue weighted by molar-refractivity contribution is 0.0955. The molecule has 1 N–H and O–H groups in total. The van der Waals surface area contributed by atoms with E-state index in [1.54, 1.807) is 18.3 Å². The Labute approximate surface area is 166 Å². The van der Waals surface area contributed by atoms with Gasteiger partial charge in [0.25, 0.3) is 5.91 Å². The number of rotatable bonds is 3. The lowest BCUT2D eigenvalue weighted by atomic mass is 9.97. The van der Waals surface area contributed by atoms with E-state index in [1.165, 1.54) is 6.07 Å². The summed E-state index contributed by atoms with van der Waals surface area (Å²) < 4.78 is 0. The molecule has 0 aliphatic rings. The van der Waals surface area contributed by atoms with Gasteiger partial charge in [-0.3, -0.25) is 4.79 Å². The van der Waals surface area contributed by atoms with Crippen LogP contribution in [0.15, 0.2) is 77.9 Å². The largest absolute Gasteiger partial charge is 0.271 e. The van der Waals surface area contributed by atoms with E-state index in [9.17, 15) is 4.79 Å². The van der Waals surface area contributed by atoms with E-state index in [1.807, 2.05) is 36.4 Å².